The highest BCUT2D eigenvalue weighted by Crippen LogP contribution is 2.11. The lowest BCUT2D eigenvalue weighted by molar-refractivity contribution is -0.153. The maximum absolute atomic E-state index is 11.8. The van der Waals surface area contributed by atoms with Crippen molar-refractivity contribution in [3.05, 3.63) is 0 Å². The monoisotopic (exact) mass is 278 g/mol. The predicted octanol–water partition coefficient (Wildman–Crippen LogP) is -3.69. The number of carbonyl (C=O) groups excluding carboxylic acids is 2. The Morgan fingerprint density at radius 1 is 1.32 bits per heavy atom. The Morgan fingerprint density at radius 3 is 2.42 bits per heavy atom. The molecule has 0 bridgehead atoms. The number of aliphatic hydroxyl groups excluding tert-OH is 5. The third kappa shape index (κ3) is 3.78. The van der Waals surface area contributed by atoms with Gasteiger partial charge in [0.15, 0.2) is 17.7 Å². The number of nitrogens with one attached hydrogen (secondary N) is 1. The van der Waals surface area contributed by atoms with Gasteiger partial charge < -0.3 is 30.8 Å². The molecule has 6 N–H and O–H groups in total. The lowest BCUT2D eigenvalue weighted by Gasteiger charge is -2.23. The summed E-state index contributed by atoms with van der Waals surface area (Å²) in [6, 6.07) is -0.930. The molecule has 0 saturated carbocycles. The van der Waals surface area contributed by atoms with Crippen LogP contribution in [0.1, 0.15) is 12.8 Å². The lowest BCUT2D eigenvalue weighted by atomic mass is 9.96. The fourth-order valence-electron chi connectivity index (χ4n) is 1.83. The van der Waals surface area contributed by atoms with Gasteiger partial charge in [-0.15, -0.1) is 0 Å². The molecule has 1 fully saturated rings. The van der Waals surface area contributed by atoms with E-state index >= 15 is 0 Å². The summed E-state index contributed by atoms with van der Waals surface area (Å²) in [6.45, 7) is -0.551. The van der Waals surface area contributed by atoms with Gasteiger partial charge in [0.1, 0.15) is 19.7 Å². The van der Waals surface area contributed by atoms with Gasteiger partial charge in [0.25, 0.3) is 0 Å². The van der Waals surface area contributed by atoms with Gasteiger partial charge in [-0.05, 0) is 19.4 Å². The molecule has 1 aliphatic heterocycles. The van der Waals surface area contributed by atoms with E-state index in [1.807, 2.05) is 0 Å². The van der Waals surface area contributed by atoms with E-state index < -0.39 is 48.6 Å². The molecule has 0 aromatic heterocycles. The average Bonchev–Trinajstić information content (AvgIpc) is 2.88. The van der Waals surface area contributed by atoms with Crippen LogP contribution in [0.25, 0.3) is 0 Å². The van der Waals surface area contributed by atoms with Crippen LogP contribution in [0.5, 0.6) is 0 Å². The maximum Gasteiger partial charge on any atom is 0.200 e. The van der Waals surface area contributed by atoms with Crippen molar-refractivity contribution in [2.75, 3.05) is 13.2 Å². The van der Waals surface area contributed by atoms with Crippen LogP contribution in [0.4, 0.5) is 0 Å². The molecule has 1 saturated heterocycles. The highest BCUT2D eigenvalue weighted by Gasteiger charge is 2.39. The van der Waals surface area contributed by atoms with E-state index in [0.717, 1.165) is 5.31 Å². The van der Waals surface area contributed by atoms with Gasteiger partial charge in [-0.25, -0.2) is 0 Å². The van der Waals surface area contributed by atoms with E-state index in [4.69, 9.17) is 11.6 Å². The van der Waals surface area contributed by atoms with Gasteiger partial charge >= 0.3 is 0 Å². The molecule has 8 nitrogen and oxygen atoms in total. The summed E-state index contributed by atoms with van der Waals surface area (Å²) < 4.78 is 7.45. The van der Waals surface area contributed by atoms with E-state index in [1.165, 1.54) is 0 Å². The quantitative estimate of drug-likeness (QED) is 0.261. The van der Waals surface area contributed by atoms with Crippen molar-refractivity contribution in [2.45, 2.75) is 43.3 Å². The van der Waals surface area contributed by atoms with Crippen LogP contribution in [0.15, 0.2) is 0 Å². The zero-order chi connectivity index (χ0) is 15.4. The number of carbonyl (C=O) groups is 2. The minimum absolute atomic E-state index is 0.324. The van der Waals surface area contributed by atoms with Gasteiger partial charge in [0, 0.05) is 0 Å². The van der Waals surface area contributed by atoms with Crippen LogP contribution in [0.3, 0.4) is 0 Å². The van der Waals surface area contributed by atoms with Crippen LogP contribution < -0.4 is 5.31 Å². The molecular formula is C11H19NO7. The molecule has 1 heterocycles. The summed E-state index contributed by atoms with van der Waals surface area (Å²) in [4.78, 5) is 23.5. The van der Waals surface area contributed by atoms with E-state index in [1.54, 1.807) is 0 Å². The summed E-state index contributed by atoms with van der Waals surface area (Å²) in [7, 11) is 0. The molecule has 0 radical (unpaired) electrons. The fourth-order valence-corrected chi connectivity index (χ4v) is 1.83. The second kappa shape index (κ2) is 7.04. The number of Topliss-reactive ketones (excluding diaryl/α,β-unsaturated/α-hetero) is 2. The van der Waals surface area contributed by atoms with E-state index in [-0.39, 0.29) is 0 Å². The van der Waals surface area contributed by atoms with Crippen molar-refractivity contribution >= 4 is 11.6 Å². The molecule has 0 aromatic rings. The van der Waals surface area contributed by atoms with Crippen molar-refractivity contribution in [3.8, 4) is 0 Å². The Bertz CT molecular complexity index is 367. The van der Waals surface area contributed by atoms with Crippen LogP contribution in [0.2, 0.25) is 1.41 Å². The molecular weight excluding hydrogens is 258 g/mol. The molecule has 1 unspecified atom stereocenters. The summed E-state index contributed by atoms with van der Waals surface area (Å²) in [5, 5.41) is 47.1. The Labute approximate surface area is 111 Å². The molecule has 5 atom stereocenters. The van der Waals surface area contributed by atoms with Crippen molar-refractivity contribution in [1.29, 1.82) is 0 Å². The van der Waals surface area contributed by atoms with Gasteiger partial charge in [-0.2, -0.15) is 0 Å². The third-order valence-electron chi connectivity index (χ3n) is 3.05. The normalized spacial score (nSPS) is 27.4. The van der Waals surface area contributed by atoms with Crippen molar-refractivity contribution in [2.24, 2.45) is 0 Å². The molecule has 0 aromatic carbocycles. The molecule has 0 amide bonds. The van der Waals surface area contributed by atoms with E-state index in [0.29, 0.717) is 19.4 Å². The average molecular weight is 278 g/mol. The van der Waals surface area contributed by atoms with Crippen LogP contribution in [-0.2, 0) is 9.59 Å². The first-order valence-electron chi connectivity index (χ1n) is 6.42. The fraction of sp³-hybridized carbons (Fsp3) is 0.818. The van der Waals surface area contributed by atoms with E-state index in [9.17, 15) is 24.9 Å². The van der Waals surface area contributed by atoms with Gasteiger partial charge in [0.2, 0.25) is 0 Å². The third-order valence-corrected chi connectivity index (χ3v) is 3.05. The van der Waals surface area contributed by atoms with Gasteiger partial charge in [-0.3, -0.25) is 9.59 Å². The number of hydrogen-bond acceptors (Lipinski definition) is 8. The predicted molar refractivity (Wildman–Crippen MR) is 62.2 cm³/mol. The largest absolute Gasteiger partial charge is 0.394 e. The summed E-state index contributed by atoms with van der Waals surface area (Å²) in [5.74, 6) is -2.29. The Balaban J connectivity index is 2.68. The first-order chi connectivity index (χ1) is 9.31. The number of hydrogen-bond donors (Lipinski definition) is 6. The van der Waals surface area contributed by atoms with Crippen LogP contribution >= 0.6 is 0 Å². The van der Waals surface area contributed by atoms with Gasteiger partial charge in [0.05, 0.1) is 12.6 Å². The lowest BCUT2D eigenvalue weighted by Crippen LogP contribution is -2.51. The molecule has 0 spiro atoms. The minimum atomic E-state index is -2.20. The summed E-state index contributed by atoms with van der Waals surface area (Å²) >= 11 is 0. The molecule has 19 heavy (non-hydrogen) atoms. The van der Waals surface area contributed by atoms with Crippen molar-refractivity contribution < 1.29 is 36.5 Å². The highest BCUT2D eigenvalue weighted by atomic mass is 16.4. The number of aliphatic hydroxyl groups is 5. The molecule has 8 heteroatoms. The molecule has 110 valence electrons. The summed E-state index contributed by atoms with van der Waals surface area (Å²) in [6.07, 6.45) is -7.25. The topological polar surface area (TPSA) is 147 Å². The van der Waals surface area contributed by atoms with Gasteiger partial charge in [-0.1, -0.05) is 0 Å². The molecule has 0 aliphatic carbocycles. The second-order valence-corrected chi connectivity index (χ2v) is 4.46. The first kappa shape index (κ1) is 14.5. The molecule has 1 aliphatic rings. The van der Waals surface area contributed by atoms with Crippen molar-refractivity contribution in [3.63, 3.8) is 0 Å². The smallest absolute Gasteiger partial charge is 0.200 e. The Kier molecular flexibility index (Phi) is 5.37. The van der Waals surface area contributed by atoms with E-state index in [2.05, 4.69) is 0 Å². The number of rotatable bonds is 7. The Morgan fingerprint density at radius 2 is 1.95 bits per heavy atom. The standard InChI is InChI=1S/C11H19NO7/c13-4-6(14)8(16)10(18)11(19)9(17)7(15)5-2-1-3-12-5/h5-6,8-10,12-14,16-18H,1-4H2/t5-,6+,8+,9?,10-/m0/s1/i/hD. The first-order valence-corrected chi connectivity index (χ1v) is 5.97. The van der Waals surface area contributed by atoms with Crippen LogP contribution in [-0.4, -0.2) is 80.7 Å². The Hall–Kier alpha value is -0.900. The SMILES string of the molecule is [2H]N1CCC[C@H]1C(=O)C(O)C(=O)[C@@H](O)[C@H](O)[C@H](O)CO. The van der Waals surface area contributed by atoms with Crippen LogP contribution in [0, 0.1) is 0 Å². The highest BCUT2D eigenvalue weighted by molar-refractivity contribution is 6.09. The minimum Gasteiger partial charge on any atom is -0.394 e. The molecule has 1 rings (SSSR count). The maximum atomic E-state index is 11.8. The summed E-state index contributed by atoms with van der Waals surface area (Å²) in [5.41, 5.74) is 0. The zero-order valence-electron chi connectivity index (χ0n) is 11.2. The number of ketones is 2. The van der Waals surface area contributed by atoms with Crippen molar-refractivity contribution in [1.82, 2.24) is 5.31 Å². The second-order valence-electron chi connectivity index (χ2n) is 4.46. The zero-order valence-corrected chi connectivity index (χ0v) is 10.2.